The number of nitrogens with one attached hydrogen (secondary N) is 1. The highest BCUT2D eigenvalue weighted by Crippen LogP contribution is 2.30. The predicted octanol–water partition coefficient (Wildman–Crippen LogP) is 4.59. The maximum absolute atomic E-state index is 13.3. The first-order valence-corrected chi connectivity index (χ1v) is 9.69. The van der Waals surface area contributed by atoms with Gasteiger partial charge in [-0.15, -0.1) is 0 Å². The highest BCUT2D eigenvalue weighted by molar-refractivity contribution is 6.07. The number of nitrogen functional groups attached to an aromatic ring is 1. The Morgan fingerprint density at radius 2 is 1.72 bits per heavy atom. The summed E-state index contributed by atoms with van der Waals surface area (Å²) < 4.78 is 26.6. The number of likely N-dealkylation sites (tertiary alicyclic amines) is 1. The van der Waals surface area contributed by atoms with E-state index in [0.29, 0.717) is 25.5 Å². The summed E-state index contributed by atoms with van der Waals surface area (Å²) in [5, 5.41) is 2.00. The molecule has 1 aliphatic heterocycles. The molecule has 0 saturated carbocycles. The van der Waals surface area contributed by atoms with Crippen molar-refractivity contribution in [3.05, 3.63) is 54.4 Å². The smallest absolute Gasteiger partial charge is 0.250 e. The fourth-order valence-corrected chi connectivity index (χ4v) is 3.95. The summed E-state index contributed by atoms with van der Waals surface area (Å²) in [6.07, 6.45) is 3.45. The Balaban J connectivity index is 1.39. The normalized spacial score (nSPS) is 17.2. The standard InChI is InChI=1S/C22H21F2N5/c23-22(24)5-7-29(8-6-22)13-14-1-3-15(4-2-14)16-9-18-17-10-20(25)26-12-19(17)28-21(18)27-11-16/h1-4,9-12H,5-8,13H2,(H2,25,26)(H,27,28). The van der Waals surface area contributed by atoms with Gasteiger partial charge in [-0.1, -0.05) is 24.3 Å². The summed E-state index contributed by atoms with van der Waals surface area (Å²) in [6, 6.07) is 12.2. The van der Waals surface area contributed by atoms with Gasteiger partial charge in [0.1, 0.15) is 11.5 Å². The minimum absolute atomic E-state index is 0.0541. The monoisotopic (exact) mass is 393 g/mol. The van der Waals surface area contributed by atoms with Crippen LogP contribution in [0.2, 0.25) is 0 Å². The Labute approximate surface area is 166 Å². The molecule has 0 unspecified atom stereocenters. The molecule has 1 aliphatic rings. The topological polar surface area (TPSA) is 70.8 Å². The molecule has 4 aromatic rings. The van der Waals surface area contributed by atoms with Crippen LogP contribution in [0.3, 0.4) is 0 Å². The number of halogens is 2. The molecule has 29 heavy (non-hydrogen) atoms. The van der Waals surface area contributed by atoms with E-state index in [-0.39, 0.29) is 12.8 Å². The number of fused-ring (bicyclic) bond motifs is 3. The molecule has 0 spiro atoms. The summed E-state index contributed by atoms with van der Waals surface area (Å²) in [7, 11) is 0. The zero-order chi connectivity index (χ0) is 20.0. The van der Waals surface area contributed by atoms with E-state index in [0.717, 1.165) is 38.6 Å². The van der Waals surface area contributed by atoms with Gasteiger partial charge in [0.2, 0.25) is 0 Å². The zero-order valence-electron chi connectivity index (χ0n) is 15.8. The fourth-order valence-electron chi connectivity index (χ4n) is 3.95. The van der Waals surface area contributed by atoms with E-state index in [9.17, 15) is 8.78 Å². The van der Waals surface area contributed by atoms with Gasteiger partial charge < -0.3 is 10.7 Å². The number of benzene rings is 1. The molecule has 0 aliphatic carbocycles. The van der Waals surface area contributed by atoms with Crippen LogP contribution in [0.1, 0.15) is 18.4 Å². The van der Waals surface area contributed by atoms with Crippen molar-refractivity contribution in [2.24, 2.45) is 0 Å². The number of hydrogen-bond donors (Lipinski definition) is 2. The summed E-state index contributed by atoms with van der Waals surface area (Å²) >= 11 is 0. The summed E-state index contributed by atoms with van der Waals surface area (Å²) in [6.45, 7) is 1.57. The van der Waals surface area contributed by atoms with Gasteiger partial charge in [-0.3, -0.25) is 4.90 Å². The number of anilines is 1. The molecule has 0 radical (unpaired) electrons. The average Bonchev–Trinajstić information content (AvgIpc) is 3.07. The van der Waals surface area contributed by atoms with Crippen LogP contribution in [0, 0.1) is 0 Å². The number of nitrogens with zero attached hydrogens (tertiary/aromatic N) is 3. The number of rotatable bonds is 3. The van der Waals surface area contributed by atoms with E-state index >= 15 is 0 Å². The lowest BCUT2D eigenvalue weighted by molar-refractivity contribution is -0.0566. The van der Waals surface area contributed by atoms with Gasteiger partial charge in [-0.2, -0.15) is 0 Å². The van der Waals surface area contributed by atoms with Gasteiger partial charge in [0.25, 0.3) is 5.92 Å². The molecule has 3 aromatic heterocycles. The minimum Gasteiger partial charge on any atom is -0.384 e. The van der Waals surface area contributed by atoms with Gasteiger partial charge >= 0.3 is 0 Å². The van der Waals surface area contributed by atoms with Crippen molar-refractivity contribution in [3.8, 4) is 11.1 Å². The highest BCUT2D eigenvalue weighted by atomic mass is 19.3. The van der Waals surface area contributed by atoms with E-state index in [1.54, 1.807) is 6.20 Å². The van der Waals surface area contributed by atoms with Crippen LogP contribution in [0.5, 0.6) is 0 Å². The lowest BCUT2D eigenvalue weighted by Gasteiger charge is -2.31. The molecule has 7 heteroatoms. The van der Waals surface area contributed by atoms with Crippen molar-refractivity contribution in [1.29, 1.82) is 0 Å². The molecule has 5 rings (SSSR count). The number of pyridine rings is 2. The van der Waals surface area contributed by atoms with Crippen molar-refractivity contribution in [2.45, 2.75) is 25.3 Å². The van der Waals surface area contributed by atoms with Gasteiger partial charge in [-0.05, 0) is 23.3 Å². The van der Waals surface area contributed by atoms with Crippen LogP contribution < -0.4 is 5.73 Å². The van der Waals surface area contributed by atoms with Crippen LogP contribution in [-0.4, -0.2) is 38.9 Å². The van der Waals surface area contributed by atoms with Gasteiger partial charge in [0.15, 0.2) is 0 Å². The van der Waals surface area contributed by atoms with Crippen LogP contribution in [0.25, 0.3) is 33.1 Å². The van der Waals surface area contributed by atoms with Crippen LogP contribution in [0.4, 0.5) is 14.6 Å². The van der Waals surface area contributed by atoms with E-state index in [1.807, 2.05) is 12.3 Å². The number of hydrogen-bond acceptors (Lipinski definition) is 4. The largest absolute Gasteiger partial charge is 0.384 e. The number of aromatic nitrogens is 3. The molecule has 0 atom stereocenters. The van der Waals surface area contributed by atoms with Crippen molar-refractivity contribution in [3.63, 3.8) is 0 Å². The first kappa shape index (κ1) is 18.0. The van der Waals surface area contributed by atoms with Crippen molar-refractivity contribution < 1.29 is 8.78 Å². The molecule has 1 saturated heterocycles. The van der Waals surface area contributed by atoms with E-state index in [4.69, 9.17) is 5.73 Å². The third kappa shape index (κ3) is 3.53. The third-order valence-electron chi connectivity index (χ3n) is 5.64. The Morgan fingerprint density at radius 1 is 0.966 bits per heavy atom. The lowest BCUT2D eigenvalue weighted by atomic mass is 10.0. The van der Waals surface area contributed by atoms with Gasteiger partial charge in [0.05, 0.1) is 11.7 Å². The second-order valence-electron chi connectivity index (χ2n) is 7.73. The van der Waals surface area contributed by atoms with Gasteiger partial charge in [-0.25, -0.2) is 18.7 Å². The fraction of sp³-hybridized carbons (Fsp3) is 0.273. The SMILES string of the molecule is Nc1cc2c(cn1)[nH]c1ncc(-c3ccc(CN4CCC(F)(F)CC4)cc3)cc12. The van der Waals surface area contributed by atoms with Crippen LogP contribution in [-0.2, 0) is 6.54 Å². The number of H-pyrrole nitrogens is 1. The number of alkyl halides is 2. The number of nitrogens with two attached hydrogens (primary N) is 1. The van der Waals surface area contributed by atoms with Crippen molar-refractivity contribution in [2.75, 3.05) is 18.8 Å². The van der Waals surface area contributed by atoms with E-state index < -0.39 is 5.92 Å². The number of piperidine rings is 1. The van der Waals surface area contributed by atoms with Gasteiger partial charge in [0, 0.05) is 55.0 Å². The Hall–Kier alpha value is -3.06. The maximum atomic E-state index is 13.3. The van der Waals surface area contributed by atoms with E-state index in [1.165, 1.54) is 0 Å². The summed E-state index contributed by atoms with van der Waals surface area (Å²) in [5.74, 6) is -2.03. The molecular formula is C22H21F2N5. The first-order valence-electron chi connectivity index (χ1n) is 9.69. The lowest BCUT2D eigenvalue weighted by Crippen LogP contribution is -2.38. The molecule has 3 N–H and O–H groups in total. The average molecular weight is 393 g/mol. The summed E-state index contributed by atoms with van der Waals surface area (Å²) in [5.41, 5.74) is 10.7. The van der Waals surface area contributed by atoms with Crippen LogP contribution in [0.15, 0.2) is 48.8 Å². The maximum Gasteiger partial charge on any atom is 0.250 e. The Kier molecular flexibility index (Phi) is 4.20. The Bertz CT molecular complexity index is 1170. The third-order valence-corrected chi connectivity index (χ3v) is 5.64. The second kappa shape index (κ2) is 6.77. The quantitative estimate of drug-likeness (QED) is 0.534. The zero-order valence-corrected chi connectivity index (χ0v) is 15.8. The molecule has 5 nitrogen and oxygen atoms in total. The Morgan fingerprint density at radius 3 is 2.48 bits per heavy atom. The van der Waals surface area contributed by atoms with E-state index in [2.05, 4.69) is 50.2 Å². The molecule has 1 fully saturated rings. The highest BCUT2D eigenvalue weighted by Gasteiger charge is 2.33. The molecule has 0 bridgehead atoms. The summed E-state index contributed by atoms with van der Waals surface area (Å²) in [4.78, 5) is 14.0. The van der Waals surface area contributed by atoms with Crippen LogP contribution >= 0.6 is 0 Å². The second-order valence-corrected chi connectivity index (χ2v) is 7.73. The molecule has 4 heterocycles. The molecule has 1 aromatic carbocycles. The molecule has 0 amide bonds. The molecular weight excluding hydrogens is 372 g/mol. The predicted molar refractivity (Wildman–Crippen MR) is 111 cm³/mol. The van der Waals surface area contributed by atoms with Crippen molar-refractivity contribution in [1.82, 2.24) is 19.9 Å². The molecule has 148 valence electrons. The first-order chi connectivity index (χ1) is 14.0. The number of aromatic amines is 1. The minimum atomic E-state index is -2.50. The van der Waals surface area contributed by atoms with Crippen molar-refractivity contribution >= 4 is 27.8 Å².